The summed E-state index contributed by atoms with van der Waals surface area (Å²) in [5.41, 5.74) is 3.47. The highest BCUT2D eigenvalue weighted by atomic mass is 32.2. The molecule has 7 heteroatoms. The molecule has 0 aliphatic carbocycles. The van der Waals surface area contributed by atoms with Crippen molar-refractivity contribution in [2.45, 2.75) is 11.3 Å². The van der Waals surface area contributed by atoms with Crippen LogP contribution in [0, 0.1) is 0 Å². The molecule has 0 radical (unpaired) electrons. The second-order valence-electron chi connectivity index (χ2n) is 6.71. The molecule has 152 valence electrons. The molecule has 0 unspecified atom stereocenters. The molecule has 0 fully saturated rings. The lowest BCUT2D eigenvalue weighted by Gasteiger charge is -2.14. The highest BCUT2D eigenvalue weighted by Crippen LogP contribution is 2.32. The average Bonchev–Trinajstić information content (AvgIpc) is 2.95. The standard InChI is InChI=1S/C23H21N3O3S/c1-29-17-9-7-16(8-10-17)24-18-4-2-3-5-19(18)26-23(28)15-6-11-21-20(14-15)25-22(27)12-13-30-21/h2-11,14,24H,12-13H2,1H3,(H,25,27)(H,26,28). The number of ether oxygens (including phenoxy) is 1. The Morgan fingerprint density at radius 2 is 1.80 bits per heavy atom. The summed E-state index contributed by atoms with van der Waals surface area (Å²) in [5, 5.41) is 9.14. The first-order valence-electron chi connectivity index (χ1n) is 9.50. The van der Waals surface area contributed by atoms with Gasteiger partial charge in [0.2, 0.25) is 5.91 Å². The number of nitrogens with one attached hydrogen (secondary N) is 3. The van der Waals surface area contributed by atoms with E-state index in [0.29, 0.717) is 23.4 Å². The monoisotopic (exact) mass is 419 g/mol. The van der Waals surface area contributed by atoms with Crippen LogP contribution in [-0.4, -0.2) is 24.7 Å². The molecule has 0 saturated carbocycles. The molecule has 3 N–H and O–H groups in total. The number of thioether (sulfide) groups is 1. The molecule has 2 amide bonds. The Labute approximate surface area is 179 Å². The molecule has 0 atom stereocenters. The largest absolute Gasteiger partial charge is 0.497 e. The van der Waals surface area contributed by atoms with E-state index in [-0.39, 0.29) is 11.8 Å². The van der Waals surface area contributed by atoms with Crippen LogP contribution in [-0.2, 0) is 4.79 Å². The number of hydrogen-bond donors (Lipinski definition) is 3. The Hall–Kier alpha value is -3.45. The lowest BCUT2D eigenvalue weighted by Crippen LogP contribution is -2.14. The number of carbonyl (C=O) groups is 2. The third kappa shape index (κ3) is 4.58. The summed E-state index contributed by atoms with van der Waals surface area (Å²) >= 11 is 1.61. The van der Waals surface area contributed by atoms with Crippen molar-refractivity contribution in [2.75, 3.05) is 28.8 Å². The van der Waals surface area contributed by atoms with Gasteiger partial charge in [-0.1, -0.05) is 12.1 Å². The maximum atomic E-state index is 12.9. The van der Waals surface area contributed by atoms with Gasteiger partial charge >= 0.3 is 0 Å². The number of benzene rings is 3. The maximum Gasteiger partial charge on any atom is 0.255 e. The second-order valence-corrected chi connectivity index (χ2v) is 7.85. The maximum absolute atomic E-state index is 12.9. The molecule has 0 spiro atoms. The van der Waals surface area contributed by atoms with Crippen LogP contribution >= 0.6 is 11.8 Å². The van der Waals surface area contributed by atoms with Crippen molar-refractivity contribution in [3.63, 3.8) is 0 Å². The van der Waals surface area contributed by atoms with Crippen molar-refractivity contribution in [3.8, 4) is 5.75 Å². The number of carbonyl (C=O) groups excluding carboxylic acids is 2. The molecule has 0 saturated heterocycles. The van der Waals surface area contributed by atoms with Crippen molar-refractivity contribution in [1.82, 2.24) is 0 Å². The molecule has 6 nitrogen and oxygen atoms in total. The second kappa shape index (κ2) is 8.92. The van der Waals surface area contributed by atoms with Crippen LogP contribution in [0.5, 0.6) is 5.75 Å². The normalized spacial score (nSPS) is 12.9. The number of rotatable bonds is 5. The Bertz CT molecular complexity index is 1080. The molecule has 1 heterocycles. The third-order valence-corrected chi connectivity index (χ3v) is 5.72. The van der Waals surface area contributed by atoms with Crippen molar-refractivity contribution in [2.24, 2.45) is 0 Å². The van der Waals surface area contributed by atoms with Crippen molar-refractivity contribution < 1.29 is 14.3 Å². The number of amides is 2. The molecule has 4 rings (SSSR count). The van der Waals surface area contributed by atoms with Crippen molar-refractivity contribution in [3.05, 3.63) is 72.3 Å². The zero-order valence-corrected chi connectivity index (χ0v) is 17.2. The summed E-state index contributed by atoms with van der Waals surface area (Å²) < 4.78 is 5.19. The van der Waals surface area contributed by atoms with Crippen LogP contribution in [0.25, 0.3) is 0 Å². The van der Waals surface area contributed by atoms with Gasteiger partial charge in [0.25, 0.3) is 5.91 Å². The van der Waals surface area contributed by atoms with Gasteiger partial charge in [0, 0.05) is 28.3 Å². The van der Waals surface area contributed by atoms with E-state index in [1.54, 1.807) is 31.0 Å². The average molecular weight is 420 g/mol. The summed E-state index contributed by atoms with van der Waals surface area (Å²) in [4.78, 5) is 25.7. The van der Waals surface area contributed by atoms with Crippen LogP contribution in [0.4, 0.5) is 22.7 Å². The van der Waals surface area contributed by atoms with E-state index < -0.39 is 0 Å². The topological polar surface area (TPSA) is 79.5 Å². The first-order valence-corrected chi connectivity index (χ1v) is 10.5. The number of methoxy groups -OCH3 is 1. The van der Waals surface area contributed by atoms with Gasteiger partial charge in [0.15, 0.2) is 0 Å². The van der Waals surface area contributed by atoms with Crippen molar-refractivity contribution >= 4 is 46.3 Å². The predicted octanol–water partition coefficient (Wildman–Crippen LogP) is 5.13. The Morgan fingerprint density at radius 1 is 1.03 bits per heavy atom. The summed E-state index contributed by atoms with van der Waals surface area (Å²) in [6.45, 7) is 0. The molecular weight excluding hydrogens is 398 g/mol. The minimum absolute atomic E-state index is 0.0344. The van der Waals surface area contributed by atoms with E-state index in [1.807, 2.05) is 54.6 Å². The Balaban J connectivity index is 1.53. The van der Waals surface area contributed by atoms with E-state index in [4.69, 9.17) is 4.74 Å². The van der Waals surface area contributed by atoms with Gasteiger partial charge in [0.1, 0.15) is 5.75 Å². The number of anilines is 4. The summed E-state index contributed by atoms with van der Waals surface area (Å²) in [5.74, 6) is 1.23. The summed E-state index contributed by atoms with van der Waals surface area (Å²) in [6, 6.07) is 20.4. The lowest BCUT2D eigenvalue weighted by molar-refractivity contribution is -0.115. The predicted molar refractivity (Wildman–Crippen MR) is 121 cm³/mol. The minimum Gasteiger partial charge on any atom is -0.497 e. The highest BCUT2D eigenvalue weighted by molar-refractivity contribution is 7.99. The fourth-order valence-electron chi connectivity index (χ4n) is 3.09. The first kappa shape index (κ1) is 19.8. The summed E-state index contributed by atoms with van der Waals surface area (Å²) in [7, 11) is 1.62. The third-order valence-electron chi connectivity index (χ3n) is 4.65. The summed E-state index contributed by atoms with van der Waals surface area (Å²) in [6.07, 6.45) is 0.464. The SMILES string of the molecule is COc1ccc(Nc2ccccc2NC(=O)c2ccc3c(c2)NC(=O)CCS3)cc1. The number of para-hydroxylation sites is 2. The van der Waals surface area contributed by atoms with Gasteiger partial charge in [-0.3, -0.25) is 9.59 Å². The smallest absolute Gasteiger partial charge is 0.255 e. The van der Waals surface area contributed by atoms with Gasteiger partial charge in [-0.2, -0.15) is 0 Å². The van der Waals surface area contributed by atoms with Crippen LogP contribution in [0.2, 0.25) is 0 Å². The zero-order chi connectivity index (χ0) is 20.9. The fraction of sp³-hybridized carbons (Fsp3) is 0.130. The fourth-order valence-corrected chi connectivity index (χ4v) is 4.02. The quantitative estimate of drug-likeness (QED) is 0.535. The molecular formula is C23H21N3O3S. The highest BCUT2D eigenvalue weighted by Gasteiger charge is 2.16. The van der Waals surface area contributed by atoms with Gasteiger partial charge < -0.3 is 20.7 Å². The van der Waals surface area contributed by atoms with E-state index in [9.17, 15) is 9.59 Å². The van der Waals surface area contributed by atoms with Gasteiger partial charge in [-0.25, -0.2) is 0 Å². The lowest BCUT2D eigenvalue weighted by atomic mass is 10.1. The van der Waals surface area contributed by atoms with Crippen LogP contribution in [0.15, 0.2) is 71.6 Å². The molecule has 1 aliphatic heterocycles. The zero-order valence-electron chi connectivity index (χ0n) is 16.4. The molecule has 1 aliphatic rings. The van der Waals surface area contributed by atoms with E-state index in [2.05, 4.69) is 16.0 Å². The first-order chi connectivity index (χ1) is 14.6. The van der Waals surface area contributed by atoms with E-state index in [0.717, 1.165) is 27.8 Å². The molecule has 30 heavy (non-hydrogen) atoms. The minimum atomic E-state index is -0.245. The van der Waals surface area contributed by atoms with Crippen LogP contribution in [0.3, 0.4) is 0 Å². The van der Waals surface area contributed by atoms with E-state index >= 15 is 0 Å². The molecule has 3 aromatic rings. The molecule has 0 aromatic heterocycles. The van der Waals surface area contributed by atoms with Gasteiger partial charge in [-0.15, -0.1) is 11.8 Å². The Morgan fingerprint density at radius 3 is 2.57 bits per heavy atom. The molecule has 0 bridgehead atoms. The number of hydrogen-bond acceptors (Lipinski definition) is 5. The number of fused-ring (bicyclic) bond motifs is 1. The Kier molecular flexibility index (Phi) is 5.90. The van der Waals surface area contributed by atoms with Crippen LogP contribution < -0.4 is 20.7 Å². The van der Waals surface area contributed by atoms with Crippen LogP contribution in [0.1, 0.15) is 16.8 Å². The van der Waals surface area contributed by atoms with Crippen molar-refractivity contribution in [1.29, 1.82) is 0 Å². The van der Waals surface area contributed by atoms with Gasteiger partial charge in [0.05, 0.1) is 24.2 Å². The molecule has 3 aromatic carbocycles. The van der Waals surface area contributed by atoms with Gasteiger partial charge in [-0.05, 0) is 54.6 Å². The van der Waals surface area contributed by atoms with E-state index in [1.165, 1.54) is 0 Å².